The van der Waals surface area contributed by atoms with Gasteiger partial charge in [0.1, 0.15) is 6.04 Å². The molecule has 4 aromatic rings. The Morgan fingerprint density at radius 2 is 1.69 bits per heavy atom. The number of phenolic OH excluding ortho intramolecular Hbond substituents is 1. The van der Waals surface area contributed by atoms with E-state index in [4.69, 9.17) is 7.66 Å². The molecule has 1 aromatic heterocycles. The van der Waals surface area contributed by atoms with Gasteiger partial charge in [0.05, 0.1) is 9.79 Å². The summed E-state index contributed by atoms with van der Waals surface area (Å²) in [5.74, 6) is -1.31. The van der Waals surface area contributed by atoms with Gasteiger partial charge in [-0.05, 0) is 55.0 Å². The van der Waals surface area contributed by atoms with E-state index in [0.29, 0.717) is 22.2 Å². The molecule has 0 amide bonds. The molecule has 1 atom stereocenters. The lowest BCUT2D eigenvalue weighted by molar-refractivity contribution is -0.137. The lowest BCUT2D eigenvalue weighted by Gasteiger charge is -2.17. The molecule has 0 aliphatic carbocycles. The number of carboxylic acid groups (broad SMARTS) is 1. The molecule has 9 nitrogen and oxygen atoms in total. The van der Waals surface area contributed by atoms with Crippen LogP contribution in [0, 0.1) is 6.92 Å². The largest absolute Gasteiger partial charge is 0.502 e. The Kier molecular flexibility index (Phi) is 7.48. The van der Waals surface area contributed by atoms with E-state index >= 15 is 0 Å². The Morgan fingerprint density at radius 1 is 1.06 bits per heavy atom. The molecule has 0 saturated heterocycles. The summed E-state index contributed by atoms with van der Waals surface area (Å²) in [5, 5.41) is 23.3. The summed E-state index contributed by atoms with van der Waals surface area (Å²) in [6.07, 6.45) is 1.43. The van der Waals surface area contributed by atoms with Crippen LogP contribution in [0.15, 0.2) is 70.6 Å². The number of sulfone groups is 1. The van der Waals surface area contributed by atoms with Gasteiger partial charge in [0, 0.05) is 29.2 Å². The molecule has 0 unspecified atom stereocenters. The van der Waals surface area contributed by atoms with Crippen molar-refractivity contribution in [2.45, 2.75) is 29.2 Å². The van der Waals surface area contributed by atoms with E-state index in [1.54, 1.807) is 42.5 Å². The molecule has 12 heteroatoms. The summed E-state index contributed by atoms with van der Waals surface area (Å²) in [6, 6.07) is 13.4. The van der Waals surface area contributed by atoms with Crippen LogP contribution in [-0.2, 0) is 21.1 Å². The third-order valence-electron chi connectivity index (χ3n) is 5.61. The van der Waals surface area contributed by atoms with Crippen LogP contribution in [0.5, 0.6) is 17.2 Å². The van der Waals surface area contributed by atoms with E-state index in [-0.39, 0.29) is 33.5 Å². The second kappa shape index (κ2) is 10.4. The number of anilines is 1. The van der Waals surface area contributed by atoms with Gasteiger partial charge < -0.3 is 28.2 Å². The Morgan fingerprint density at radius 3 is 2.28 bits per heavy atom. The highest BCUT2D eigenvalue weighted by molar-refractivity contribution is 9.06. The average Bonchev–Trinajstić information content (AvgIpc) is 3.29. The quantitative estimate of drug-likeness (QED) is 0.188. The Labute approximate surface area is 223 Å². The molecular weight excluding hydrogens is 620 g/mol. The minimum absolute atomic E-state index is 0.00201. The molecule has 0 spiro atoms. The van der Waals surface area contributed by atoms with Gasteiger partial charge in [0.25, 0.3) is 0 Å². The van der Waals surface area contributed by atoms with Crippen molar-refractivity contribution in [3.8, 4) is 17.2 Å². The fraction of sp³-hybridized carbons (Fsp3) is 0.125. The number of nitrogens with one attached hydrogen (secondary N) is 2. The number of carbonyl (C=O) groups is 1. The van der Waals surface area contributed by atoms with Gasteiger partial charge in [-0.1, -0.05) is 17.7 Å². The van der Waals surface area contributed by atoms with Crippen molar-refractivity contribution in [2.24, 2.45) is 0 Å². The molecule has 0 radical (unpaired) electrons. The van der Waals surface area contributed by atoms with E-state index in [2.05, 4.69) is 42.8 Å². The van der Waals surface area contributed by atoms with Gasteiger partial charge in [0.15, 0.2) is 44.0 Å². The van der Waals surface area contributed by atoms with Gasteiger partial charge >= 0.3 is 5.97 Å². The predicted molar refractivity (Wildman–Crippen MR) is 141 cm³/mol. The summed E-state index contributed by atoms with van der Waals surface area (Å²) in [6.45, 7) is 1.87. The lowest BCUT2D eigenvalue weighted by atomic mass is 10.0. The monoisotopic (exact) mass is 638 g/mol. The standard InChI is InChI=1S/C24H20Br2N2O7S/c1-13-2-5-16(6-3-13)36(32,33)22-12-27-18-7-4-15(11-17(18)22)28-19(24(30)31)8-14-9-20(34-25)23(29)21(10-14)35-26/h2-7,9-12,19,27-29H,8H2,1H3,(H,30,31)/t19-/m1/s1. The number of carboxylic acids is 1. The van der Waals surface area contributed by atoms with Gasteiger partial charge in [0.2, 0.25) is 15.6 Å². The van der Waals surface area contributed by atoms with Crippen LogP contribution < -0.4 is 13.0 Å². The highest BCUT2D eigenvalue weighted by atomic mass is 79.9. The first kappa shape index (κ1) is 25.9. The van der Waals surface area contributed by atoms with Gasteiger partial charge in [-0.15, -0.1) is 0 Å². The van der Waals surface area contributed by atoms with Crippen molar-refractivity contribution in [2.75, 3.05) is 5.32 Å². The number of aromatic amines is 1. The van der Waals surface area contributed by atoms with E-state index in [1.165, 1.54) is 18.3 Å². The van der Waals surface area contributed by atoms with Crippen LogP contribution in [0.4, 0.5) is 5.69 Å². The molecule has 0 aliphatic rings. The predicted octanol–water partition coefficient (Wildman–Crippen LogP) is 5.50. The number of hydrogen-bond donors (Lipinski definition) is 4. The maximum absolute atomic E-state index is 13.3. The molecule has 36 heavy (non-hydrogen) atoms. The number of aromatic nitrogens is 1. The smallest absolute Gasteiger partial charge is 0.326 e. The zero-order valence-electron chi connectivity index (χ0n) is 18.7. The number of phenols is 1. The van der Waals surface area contributed by atoms with Crippen molar-refractivity contribution in [1.82, 2.24) is 4.98 Å². The Bertz CT molecular complexity index is 1510. The maximum Gasteiger partial charge on any atom is 0.326 e. The van der Waals surface area contributed by atoms with Crippen LogP contribution in [-0.4, -0.2) is 35.6 Å². The number of rotatable bonds is 9. The third kappa shape index (κ3) is 5.15. The van der Waals surface area contributed by atoms with E-state index in [1.807, 2.05) is 6.92 Å². The first-order valence-corrected chi connectivity index (χ1v) is 13.3. The molecule has 188 valence electrons. The fourth-order valence-corrected chi connectivity index (χ4v) is 5.67. The van der Waals surface area contributed by atoms with E-state index in [9.17, 15) is 23.4 Å². The number of hydrogen-bond acceptors (Lipinski definition) is 7. The summed E-state index contributed by atoms with van der Waals surface area (Å²) in [7, 11) is -3.80. The lowest BCUT2D eigenvalue weighted by Crippen LogP contribution is -2.31. The highest BCUT2D eigenvalue weighted by Gasteiger charge is 2.24. The van der Waals surface area contributed by atoms with Crippen LogP contribution in [0.2, 0.25) is 0 Å². The third-order valence-corrected chi connectivity index (χ3v) is 8.12. The molecule has 4 N–H and O–H groups in total. The van der Waals surface area contributed by atoms with Gasteiger partial charge in [-0.25, -0.2) is 13.2 Å². The van der Waals surface area contributed by atoms with Crippen LogP contribution in [0.3, 0.4) is 0 Å². The van der Waals surface area contributed by atoms with Crippen molar-refractivity contribution in [1.29, 1.82) is 0 Å². The SMILES string of the molecule is Cc1ccc(S(=O)(=O)c2c[nH]c3ccc(N[C@H](Cc4cc(OBr)c(O)c(OBr)c4)C(=O)O)cc23)cc1. The molecule has 0 bridgehead atoms. The second-order valence-electron chi connectivity index (χ2n) is 8.06. The van der Waals surface area contributed by atoms with Crippen molar-refractivity contribution in [3.05, 3.63) is 71.9 Å². The molecular formula is C24H20Br2N2O7S. The zero-order valence-corrected chi connectivity index (χ0v) is 22.6. The molecule has 1 heterocycles. The summed E-state index contributed by atoms with van der Waals surface area (Å²) in [4.78, 5) is 15.3. The summed E-state index contributed by atoms with van der Waals surface area (Å²) >= 11 is 5.60. The minimum atomic E-state index is -3.80. The number of aryl methyl sites for hydroxylation is 1. The van der Waals surface area contributed by atoms with E-state index in [0.717, 1.165) is 5.56 Å². The number of H-pyrrole nitrogens is 1. The normalized spacial score (nSPS) is 12.3. The number of halogens is 2. The van der Waals surface area contributed by atoms with Gasteiger partial charge in [-0.2, -0.15) is 0 Å². The minimum Gasteiger partial charge on any atom is -0.502 e. The van der Waals surface area contributed by atoms with Crippen LogP contribution in [0.25, 0.3) is 10.9 Å². The number of fused-ring (bicyclic) bond motifs is 1. The summed E-state index contributed by atoms with van der Waals surface area (Å²) in [5.41, 5.74) is 2.46. The molecule has 0 aliphatic heterocycles. The van der Waals surface area contributed by atoms with Crippen molar-refractivity contribution in [3.63, 3.8) is 0 Å². The number of aromatic hydroxyl groups is 1. The topological polar surface area (TPSA) is 138 Å². The van der Waals surface area contributed by atoms with Gasteiger partial charge in [-0.3, -0.25) is 0 Å². The Hall–Kier alpha value is -3.22. The van der Waals surface area contributed by atoms with Crippen LogP contribution >= 0.6 is 32.5 Å². The maximum atomic E-state index is 13.3. The highest BCUT2D eigenvalue weighted by Crippen LogP contribution is 2.39. The zero-order chi connectivity index (χ0) is 26.0. The molecule has 4 rings (SSSR count). The average molecular weight is 640 g/mol. The summed E-state index contributed by atoms with van der Waals surface area (Å²) < 4.78 is 36.4. The fourth-order valence-electron chi connectivity index (χ4n) is 3.76. The van der Waals surface area contributed by atoms with Crippen LogP contribution in [0.1, 0.15) is 11.1 Å². The number of benzene rings is 3. The molecule has 0 saturated carbocycles. The number of aliphatic carboxylic acids is 1. The van der Waals surface area contributed by atoms with Crippen molar-refractivity contribution < 1.29 is 31.1 Å². The van der Waals surface area contributed by atoms with Crippen molar-refractivity contribution >= 4 is 64.9 Å². The second-order valence-corrected chi connectivity index (χ2v) is 10.6. The van der Waals surface area contributed by atoms with E-state index < -0.39 is 21.8 Å². The molecule has 3 aromatic carbocycles. The first-order chi connectivity index (χ1) is 17.1. The first-order valence-electron chi connectivity index (χ1n) is 10.5. The Balaban J connectivity index is 1.66. The molecule has 0 fully saturated rings.